The van der Waals surface area contributed by atoms with Crippen molar-refractivity contribution in [3.8, 4) is 0 Å². The highest BCUT2D eigenvalue weighted by Gasteiger charge is 2.11. The van der Waals surface area contributed by atoms with Crippen LogP contribution in [0.5, 0.6) is 0 Å². The predicted molar refractivity (Wildman–Crippen MR) is 40.0 cm³/mol. The van der Waals surface area contributed by atoms with E-state index in [1.807, 2.05) is 22.6 Å². The summed E-state index contributed by atoms with van der Waals surface area (Å²) in [4.78, 5) is 10.5. The SMILES string of the molecule is N[C@H](CO)C(=O)OCI. The van der Waals surface area contributed by atoms with Gasteiger partial charge in [-0.2, -0.15) is 0 Å². The van der Waals surface area contributed by atoms with Crippen molar-refractivity contribution in [2.45, 2.75) is 6.04 Å². The highest BCUT2D eigenvalue weighted by Crippen LogP contribution is 1.88. The van der Waals surface area contributed by atoms with Gasteiger partial charge in [-0.1, -0.05) is 0 Å². The number of alkyl halides is 1. The molecule has 5 heteroatoms. The summed E-state index contributed by atoms with van der Waals surface area (Å²) in [7, 11) is 0. The van der Waals surface area contributed by atoms with E-state index in [0.29, 0.717) is 0 Å². The first-order valence-electron chi connectivity index (χ1n) is 2.31. The Labute approximate surface area is 66.5 Å². The molecule has 0 aliphatic rings. The average Bonchev–Trinajstić information content (AvgIpc) is 1.87. The van der Waals surface area contributed by atoms with Crippen molar-refractivity contribution in [2.75, 3.05) is 11.2 Å². The molecule has 0 bridgehead atoms. The molecule has 0 saturated heterocycles. The highest BCUT2D eigenvalue weighted by molar-refractivity contribution is 14.1. The number of aliphatic hydroxyl groups is 1. The molecule has 0 rings (SSSR count). The summed E-state index contributed by atoms with van der Waals surface area (Å²) in [5, 5.41) is 8.30. The number of rotatable bonds is 3. The van der Waals surface area contributed by atoms with Crippen LogP contribution in [-0.2, 0) is 9.53 Å². The Balaban J connectivity index is 3.46. The van der Waals surface area contributed by atoms with Crippen molar-refractivity contribution >= 4 is 28.6 Å². The Kier molecular flexibility index (Phi) is 5.02. The van der Waals surface area contributed by atoms with E-state index in [4.69, 9.17) is 10.8 Å². The van der Waals surface area contributed by atoms with Gasteiger partial charge >= 0.3 is 5.97 Å². The molecule has 0 aromatic carbocycles. The molecule has 0 spiro atoms. The minimum atomic E-state index is -0.889. The van der Waals surface area contributed by atoms with Crippen LogP contribution in [0, 0.1) is 0 Å². The molecule has 0 amide bonds. The van der Waals surface area contributed by atoms with Gasteiger partial charge in [-0.05, 0) is 22.6 Å². The molecule has 4 nitrogen and oxygen atoms in total. The topological polar surface area (TPSA) is 72.5 Å². The summed E-state index contributed by atoms with van der Waals surface area (Å²) < 4.78 is 4.73. The smallest absolute Gasteiger partial charge is 0.326 e. The number of aliphatic hydroxyl groups excluding tert-OH is 1. The number of carbonyl (C=O) groups excluding carboxylic acids is 1. The molecule has 9 heavy (non-hydrogen) atoms. The van der Waals surface area contributed by atoms with E-state index in [9.17, 15) is 4.79 Å². The molecule has 0 aromatic heterocycles. The third-order valence-corrected chi connectivity index (χ3v) is 1.01. The Hall–Kier alpha value is 0.120. The lowest BCUT2D eigenvalue weighted by Crippen LogP contribution is -2.35. The number of hydrogen-bond acceptors (Lipinski definition) is 4. The Bertz CT molecular complexity index is 97.8. The van der Waals surface area contributed by atoms with Crippen molar-refractivity contribution in [3.05, 3.63) is 0 Å². The lowest BCUT2D eigenvalue weighted by atomic mass is 10.3. The molecule has 0 heterocycles. The van der Waals surface area contributed by atoms with Crippen molar-refractivity contribution in [3.63, 3.8) is 0 Å². The summed E-state index contributed by atoms with van der Waals surface area (Å²) in [5.41, 5.74) is 5.07. The minimum absolute atomic E-state index is 0.268. The molecule has 0 fully saturated rings. The van der Waals surface area contributed by atoms with Crippen molar-refractivity contribution < 1.29 is 14.6 Å². The number of ether oxygens (including phenoxy) is 1. The maximum atomic E-state index is 10.5. The zero-order chi connectivity index (χ0) is 7.28. The van der Waals surface area contributed by atoms with Gasteiger partial charge in [0, 0.05) is 0 Å². The Morgan fingerprint density at radius 1 is 1.89 bits per heavy atom. The average molecular weight is 245 g/mol. The summed E-state index contributed by atoms with van der Waals surface area (Å²) in [5.74, 6) is -0.563. The number of hydrogen-bond donors (Lipinski definition) is 2. The van der Waals surface area contributed by atoms with Gasteiger partial charge in [-0.3, -0.25) is 4.79 Å². The van der Waals surface area contributed by atoms with Gasteiger partial charge in [0.2, 0.25) is 0 Å². The van der Waals surface area contributed by atoms with Crippen molar-refractivity contribution in [2.24, 2.45) is 5.73 Å². The molecule has 0 aromatic rings. The molecule has 3 N–H and O–H groups in total. The quantitative estimate of drug-likeness (QED) is 0.389. The van der Waals surface area contributed by atoms with Gasteiger partial charge < -0.3 is 15.6 Å². The highest BCUT2D eigenvalue weighted by atomic mass is 127. The standard InChI is InChI=1S/C4H8INO3/c5-2-9-4(8)3(6)1-7/h3,7H,1-2,6H2/t3-/m1/s1. The zero-order valence-corrected chi connectivity index (χ0v) is 6.87. The van der Waals surface area contributed by atoms with E-state index in [-0.39, 0.29) is 11.2 Å². The third kappa shape index (κ3) is 3.66. The molecular formula is C4H8INO3. The lowest BCUT2D eigenvalue weighted by molar-refractivity contribution is -0.143. The van der Waals surface area contributed by atoms with Gasteiger partial charge in [0.25, 0.3) is 0 Å². The van der Waals surface area contributed by atoms with Crippen LogP contribution < -0.4 is 5.73 Å². The van der Waals surface area contributed by atoms with Crippen LogP contribution in [0.3, 0.4) is 0 Å². The predicted octanol–water partition coefficient (Wildman–Crippen LogP) is -0.758. The minimum Gasteiger partial charge on any atom is -0.454 e. The fourth-order valence-electron chi connectivity index (χ4n) is 0.235. The second-order valence-corrected chi connectivity index (χ2v) is 1.98. The van der Waals surface area contributed by atoms with Crippen LogP contribution in [0.1, 0.15) is 0 Å². The lowest BCUT2D eigenvalue weighted by Gasteiger charge is -2.04. The van der Waals surface area contributed by atoms with Crippen LogP contribution in [0.4, 0.5) is 0 Å². The first-order valence-corrected chi connectivity index (χ1v) is 3.84. The van der Waals surface area contributed by atoms with E-state index in [1.165, 1.54) is 0 Å². The normalized spacial score (nSPS) is 12.8. The number of nitrogens with two attached hydrogens (primary N) is 1. The second kappa shape index (κ2) is 4.95. The van der Waals surface area contributed by atoms with Gasteiger partial charge in [0.05, 0.1) is 6.61 Å². The van der Waals surface area contributed by atoms with E-state index < -0.39 is 12.0 Å². The third-order valence-electron chi connectivity index (χ3n) is 0.696. The van der Waals surface area contributed by atoms with E-state index in [0.717, 1.165) is 0 Å². The first kappa shape index (κ1) is 9.12. The first-order chi connectivity index (χ1) is 4.22. The summed E-state index contributed by atoms with van der Waals surface area (Å²) in [6.07, 6.45) is 0. The number of halogens is 1. The molecule has 0 saturated carbocycles. The fourth-order valence-corrected chi connectivity index (χ4v) is 0.542. The summed E-state index contributed by atoms with van der Waals surface area (Å²) >= 11 is 1.87. The van der Waals surface area contributed by atoms with E-state index in [2.05, 4.69) is 4.74 Å². The zero-order valence-electron chi connectivity index (χ0n) is 4.71. The molecule has 1 atom stereocenters. The van der Waals surface area contributed by atoms with E-state index >= 15 is 0 Å². The molecule has 0 unspecified atom stereocenters. The van der Waals surface area contributed by atoms with Gasteiger partial charge in [0.15, 0.2) is 0 Å². The Morgan fingerprint density at radius 3 is 2.78 bits per heavy atom. The fraction of sp³-hybridized carbons (Fsp3) is 0.750. The largest absolute Gasteiger partial charge is 0.454 e. The van der Waals surface area contributed by atoms with Crippen molar-refractivity contribution in [1.29, 1.82) is 0 Å². The number of esters is 1. The number of carbonyl (C=O) groups is 1. The molecule has 0 aliphatic heterocycles. The van der Waals surface area contributed by atoms with Crippen molar-refractivity contribution in [1.82, 2.24) is 0 Å². The summed E-state index contributed by atoms with van der Waals surface area (Å²) in [6.45, 7) is -0.366. The molecule has 0 aliphatic carbocycles. The van der Waals surface area contributed by atoms with Crippen LogP contribution in [0.2, 0.25) is 0 Å². The molecule has 0 radical (unpaired) electrons. The van der Waals surface area contributed by atoms with Gasteiger partial charge in [-0.15, -0.1) is 0 Å². The van der Waals surface area contributed by atoms with Gasteiger partial charge in [0.1, 0.15) is 10.7 Å². The Morgan fingerprint density at radius 2 is 2.44 bits per heavy atom. The van der Waals surface area contributed by atoms with Crippen LogP contribution >= 0.6 is 22.6 Å². The van der Waals surface area contributed by atoms with Crippen LogP contribution in [0.15, 0.2) is 0 Å². The molecule has 54 valence electrons. The maximum absolute atomic E-state index is 10.5. The maximum Gasteiger partial charge on any atom is 0.326 e. The van der Waals surface area contributed by atoms with Gasteiger partial charge in [-0.25, -0.2) is 0 Å². The summed E-state index contributed by atoms with van der Waals surface area (Å²) in [6, 6.07) is -0.889. The second-order valence-electron chi connectivity index (χ2n) is 1.36. The van der Waals surface area contributed by atoms with Crippen LogP contribution in [-0.4, -0.2) is 28.3 Å². The van der Waals surface area contributed by atoms with E-state index in [1.54, 1.807) is 0 Å². The monoisotopic (exact) mass is 245 g/mol. The molecular weight excluding hydrogens is 237 g/mol. The van der Waals surface area contributed by atoms with Crippen LogP contribution in [0.25, 0.3) is 0 Å².